The van der Waals surface area contributed by atoms with Crippen molar-refractivity contribution >= 4 is 5.91 Å². The van der Waals surface area contributed by atoms with E-state index in [4.69, 9.17) is 0 Å². The van der Waals surface area contributed by atoms with Gasteiger partial charge in [-0.25, -0.2) is 0 Å². The largest absolute Gasteiger partial charge is 0.354 e. The van der Waals surface area contributed by atoms with Crippen LogP contribution in [0.1, 0.15) is 40.5 Å². The third-order valence-electron chi connectivity index (χ3n) is 3.30. The molecule has 1 heterocycles. The molecule has 1 aliphatic heterocycles. The number of carbonyl (C=O) groups excluding carboxylic acids is 1. The molecule has 94 valence electrons. The number of nitrogens with one attached hydrogen (secondary N) is 1. The SMILES string of the molecule is CC(C)CNC(=O)[C@@H](C)N1CCC[C@@H](C)C1. The van der Waals surface area contributed by atoms with Gasteiger partial charge in [0, 0.05) is 13.1 Å². The fourth-order valence-corrected chi connectivity index (χ4v) is 2.20. The zero-order valence-electron chi connectivity index (χ0n) is 11.1. The molecule has 0 aromatic rings. The molecule has 1 aliphatic rings. The second-order valence-electron chi connectivity index (χ2n) is 5.56. The topological polar surface area (TPSA) is 32.3 Å². The fourth-order valence-electron chi connectivity index (χ4n) is 2.20. The maximum absolute atomic E-state index is 11.9. The molecule has 0 unspecified atom stereocenters. The molecule has 0 bridgehead atoms. The molecular formula is C13H26N2O. The molecule has 16 heavy (non-hydrogen) atoms. The summed E-state index contributed by atoms with van der Waals surface area (Å²) in [5.41, 5.74) is 0. The van der Waals surface area contributed by atoms with Crippen molar-refractivity contribution in [2.75, 3.05) is 19.6 Å². The minimum atomic E-state index is 0.0292. The molecule has 0 aliphatic carbocycles. The van der Waals surface area contributed by atoms with Crippen molar-refractivity contribution in [3.8, 4) is 0 Å². The summed E-state index contributed by atoms with van der Waals surface area (Å²) < 4.78 is 0. The van der Waals surface area contributed by atoms with Gasteiger partial charge in [-0.1, -0.05) is 20.8 Å². The lowest BCUT2D eigenvalue weighted by molar-refractivity contribution is -0.126. The van der Waals surface area contributed by atoms with Gasteiger partial charge in [0.15, 0.2) is 0 Å². The molecule has 3 heteroatoms. The Morgan fingerprint density at radius 2 is 2.12 bits per heavy atom. The highest BCUT2D eigenvalue weighted by atomic mass is 16.2. The fraction of sp³-hybridized carbons (Fsp3) is 0.923. The standard InChI is InChI=1S/C13H26N2O/c1-10(2)8-14-13(16)12(4)15-7-5-6-11(3)9-15/h10-12H,5-9H2,1-4H3,(H,14,16)/t11-,12-/m1/s1. The Morgan fingerprint density at radius 3 is 2.69 bits per heavy atom. The van der Waals surface area contributed by atoms with Crippen LogP contribution in [0.25, 0.3) is 0 Å². The molecular weight excluding hydrogens is 200 g/mol. The zero-order chi connectivity index (χ0) is 12.1. The summed E-state index contributed by atoms with van der Waals surface area (Å²) in [6, 6.07) is 0.0292. The van der Waals surface area contributed by atoms with Crippen LogP contribution in [0.15, 0.2) is 0 Å². The van der Waals surface area contributed by atoms with Gasteiger partial charge in [-0.15, -0.1) is 0 Å². The van der Waals surface area contributed by atoms with Gasteiger partial charge >= 0.3 is 0 Å². The van der Waals surface area contributed by atoms with E-state index in [1.54, 1.807) is 0 Å². The first-order chi connectivity index (χ1) is 7.50. The van der Waals surface area contributed by atoms with E-state index >= 15 is 0 Å². The monoisotopic (exact) mass is 226 g/mol. The first kappa shape index (κ1) is 13.5. The number of hydrogen-bond acceptors (Lipinski definition) is 2. The van der Waals surface area contributed by atoms with Crippen molar-refractivity contribution in [1.82, 2.24) is 10.2 Å². The van der Waals surface area contributed by atoms with Crippen LogP contribution in [0.5, 0.6) is 0 Å². The Bertz CT molecular complexity index is 228. The van der Waals surface area contributed by atoms with Crippen LogP contribution in [-0.4, -0.2) is 36.5 Å². The zero-order valence-corrected chi connectivity index (χ0v) is 11.1. The van der Waals surface area contributed by atoms with E-state index in [-0.39, 0.29) is 11.9 Å². The van der Waals surface area contributed by atoms with Crippen LogP contribution < -0.4 is 5.32 Å². The highest BCUT2D eigenvalue weighted by molar-refractivity contribution is 5.81. The lowest BCUT2D eigenvalue weighted by Gasteiger charge is -2.34. The van der Waals surface area contributed by atoms with Crippen molar-refractivity contribution in [2.45, 2.75) is 46.6 Å². The maximum atomic E-state index is 11.9. The molecule has 1 fully saturated rings. The predicted molar refractivity (Wildman–Crippen MR) is 67.3 cm³/mol. The Morgan fingerprint density at radius 1 is 1.44 bits per heavy atom. The minimum Gasteiger partial charge on any atom is -0.354 e. The van der Waals surface area contributed by atoms with Crippen molar-refractivity contribution in [2.24, 2.45) is 11.8 Å². The molecule has 1 rings (SSSR count). The lowest BCUT2D eigenvalue weighted by atomic mass is 9.99. The first-order valence-electron chi connectivity index (χ1n) is 6.52. The van der Waals surface area contributed by atoms with Gasteiger partial charge in [-0.05, 0) is 38.1 Å². The lowest BCUT2D eigenvalue weighted by Crippen LogP contribution is -2.49. The molecule has 1 N–H and O–H groups in total. The van der Waals surface area contributed by atoms with Crippen molar-refractivity contribution < 1.29 is 4.79 Å². The molecule has 2 atom stereocenters. The quantitative estimate of drug-likeness (QED) is 0.794. The maximum Gasteiger partial charge on any atom is 0.237 e. The summed E-state index contributed by atoms with van der Waals surface area (Å²) in [5, 5.41) is 3.01. The smallest absolute Gasteiger partial charge is 0.237 e. The molecule has 0 aromatic carbocycles. The number of nitrogens with zero attached hydrogens (tertiary/aromatic N) is 1. The van der Waals surface area contributed by atoms with Gasteiger partial charge in [0.25, 0.3) is 0 Å². The third kappa shape index (κ3) is 4.12. The van der Waals surface area contributed by atoms with Gasteiger partial charge in [0.2, 0.25) is 5.91 Å². The van der Waals surface area contributed by atoms with E-state index in [2.05, 4.69) is 31.0 Å². The average Bonchev–Trinajstić information content (AvgIpc) is 2.24. The van der Waals surface area contributed by atoms with E-state index in [1.165, 1.54) is 12.8 Å². The van der Waals surface area contributed by atoms with Crippen LogP contribution in [0.3, 0.4) is 0 Å². The Hall–Kier alpha value is -0.570. The Balaban J connectivity index is 2.37. The van der Waals surface area contributed by atoms with Crippen molar-refractivity contribution in [3.05, 3.63) is 0 Å². The number of amides is 1. The number of carbonyl (C=O) groups is 1. The third-order valence-corrected chi connectivity index (χ3v) is 3.30. The van der Waals surface area contributed by atoms with E-state index in [0.29, 0.717) is 5.92 Å². The molecule has 0 aromatic heterocycles. The summed E-state index contributed by atoms with van der Waals surface area (Å²) >= 11 is 0. The minimum absolute atomic E-state index is 0.0292. The normalized spacial score (nSPS) is 24.4. The first-order valence-corrected chi connectivity index (χ1v) is 6.52. The van der Waals surface area contributed by atoms with Crippen LogP contribution in [0.4, 0.5) is 0 Å². The van der Waals surface area contributed by atoms with Gasteiger partial charge in [0.1, 0.15) is 0 Å². The van der Waals surface area contributed by atoms with Gasteiger partial charge in [0.05, 0.1) is 6.04 Å². The van der Waals surface area contributed by atoms with Crippen molar-refractivity contribution in [1.29, 1.82) is 0 Å². The predicted octanol–water partition coefficient (Wildman–Crippen LogP) is 1.88. The van der Waals surface area contributed by atoms with Gasteiger partial charge in [-0.3, -0.25) is 9.69 Å². The second-order valence-corrected chi connectivity index (χ2v) is 5.56. The molecule has 0 spiro atoms. The Kier molecular flexibility index (Phi) is 5.26. The van der Waals surface area contributed by atoms with Crippen LogP contribution >= 0.6 is 0 Å². The number of likely N-dealkylation sites (tertiary alicyclic amines) is 1. The number of rotatable bonds is 4. The van der Waals surface area contributed by atoms with Crippen LogP contribution in [0.2, 0.25) is 0 Å². The summed E-state index contributed by atoms with van der Waals surface area (Å²) in [4.78, 5) is 14.2. The summed E-state index contributed by atoms with van der Waals surface area (Å²) in [6.45, 7) is 11.4. The Labute approximate surface area is 99.6 Å². The molecule has 0 radical (unpaired) electrons. The molecule has 1 saturated heterocycles. The van der Waals surface area contributed by atoms with E-state index in [0.717, 1.165) is 25.6 Å². The van der Waals surface area contributed by atoms with E-state index in [9.17, 15) is 4.79 Å². The van der Waals surface area contributed by atoms with Crippen molar-refractivity contribution in [3.63, 3.8) is 0 Å². The van der Waals surface area contributed by atoms with Gasteiger partial charge in [-0.2, -0.15) is 0 Å². The van der Waals surface area contributed by atoms with E-state index in [1.807, 2.05) is 6.92 Å². The van der Waals surface area contributed by atoms with E-state index < -0.39 is 0 Å². The second kappa shape index (κ2) is 6.24. The number of piperidine rings is 1. The number of hydrogen-bond donors (Lipinski definition) is 1. The average molecular weight is 226 g/mol. The summed E-state index contributed by atoms with van der Waals surface area (Å²) in [5.74, 6) is 1.44. The highest BCUT2D eigenvalue weighted by Gasteiger charge is 2.25. The van der Waals surface area contributed by atoms with Crippen LogP contribution in [0, 0.1) is 11.8 Å². The van der Waals surface area contributed by atoms with Crippen LogP contribution in [-0.2, 0) is 4.79 Å². The highest BCUT2D eigenvalue weighted by Crippen LogP contribution is 2.17. The summed E-state index contributed by atoms with van der Waals surface area (Å²) in [7, 11) is 0. The molecule has 1 amide bonds. The summed E-state index contributed by atoms with van der Waals surface area (Å²) in [6.07, 6.45) is 2.53. The molecule has 0 saturated carbocycles. The van der Waals surface area contributed by atoms with Gasteiger partial charge < -0.3 is 5.32 Å². The molecule has 3 nitrogen and oxygen atoms in total.